The average Bonchev–Trinajstić information content (AvgIpc) is 2.70. The van der Waals surface area contributed by atoms with E-state index in [-0.39, 0.29) is 6.61 Å². The zero-order chi connectivity index (χ0) is 20.4. The van der Waals surface area contributed by atoms with E-state index in [1.54, 1.807) is 24.3 Å². The molecule has 2 aliphatic rings. The Bertz CT molecular complexity index is 625. The van der Waals surface area contributed by atoms with Crippen LogP contribution in [0.2, 0.25) is 0 Å². The van der Waals surface area contributed by atoms with Crippen molar-refractivity contribution >= 4 is 0 Å². The van der Waals surface area contributed by atoms with Gasteiger partial charge in [-0.3, -0.25) is 0 Å². The third kappa shape index (κ3) is 4.39. The first-order valence-corrected chi connectivity index (χ1v) is 8.95. The van der Waals surface area contributed by atoms with E-state index in [0.29, 0.717) is 11.5 Å². The molecule has 10 nitrogen and oxygen atoms in total. The lowest BCUT2D eigenvalue weighted by Gasteiger charge is -2.43. The monoisotopic (exact) mass is 402 g/mol. The molecule has 0 saturated carbocycles. The molecule has 2 fully saturated rings. The second-order valence-corrected chi connectivity index (χ2v) is 6.84. The van der Waals surface area contributed by atoms with E-state index in [1.165, 1.54) is 14.0 Å². The molecule has 1 aromatic carbocycles. The smallest absolute Gasteiger partial charge is 0.228 e. The summed E-state index contributed by atoms with van der Waals surface area (Å²) in [6.07, 6.45) is -11.5. The fourth-order valence-electron chi connectivity index (χ4n) is 3.11. The van der Waals surface area contributed by atoms with Crippen molar-refractivity contribution in [3.8, 4) is 11.5 Å². The highest BCUT2D eigenvalue weighted by molar-refractivity contribution is 5.31. The van der Waals surface area contributed by atoms with E-state index in [0.717, 1.165) is 0 Å². The Kier molecular flexibility index (Phi) is 6.73. The molecule has 1 aromatic rings. The molecule has 3 rings (SSSR count). The highest BCUT2D eigenvalue weighted by Gasteiger charge is 2.48. The SMILES string of the molecule is COc1ccc(O[C@H]2OC[C@@H](O)[C@@H](O[C@@H]3O[C@@H](C)[C@H](O)[C@@H](O)[C@H]3O)[C@H]2O)cc1. The van der Waals surface area contributed by atoms with Crippen LogP contribution in [0.4, 0.5) is 0 Å². The van der Waals surface area contributed by atoms with Gasteiger partial charge in [-0.2, -0.15) is 0 Å². The molecule has 0 bridgehead atoms. The Morgan fingerprint density at radius 2 is 1.50 bits per heavy atom. The summed E-state index contributed by atoms with van der Waals surface area (Å²) in [5, 5.41) is 50.4. The number of aliphatic hydroxyl groups is 5. The van der Waals surface area contributed by atoms with E-state index in [1.807, 2.05) is 0 Å². The van der Waals surface area contributed by atoms with Crippen LogP contribution < -0.4 is 9.47 Å². The summed E-state index contributed by atoms with van der Waals surface area (Å²) in [5.41, 5.74) is 0. The molecular formula is C18H26O10. The van der Waals surface area contributed by atoms with Gasteiger partial charge in [0.2, 0.25) is 6.29 Å². The summed E-state index contributed by atoms with van der Waals surface area (Å²) >= 11 is 0. The van der Waals surface area contributed by atoms with Crippen LogP contribution in [0.1, 0.15) is 6.92 Å². The van der Waals surface area contributed by atoms with Crippen LogP contribution in [0.15, 0.2) is 24.3 Å². The van der Waals surface area contributed by atoms with Gasteiger partial charge in [-0.05, 0) is 31.2 Å². The lowest BCUT2D eigenvalue weighted by Crippen LogP contribution is -2.62. The summed E-state index contributed by atoms with van der Waals surface area (Å²) in [6.45, 7) is 1.31. The number of hydrogen-bond acceptors (Lipinski definition) is 10. The minimum Gasteiger partial charge on any atom is -0.497 e. The largest absolute Gasteiger partial charge is 0.497 e. The Balaban J connectivity index is 1.66. The van der Waals surface area contributed by atoms with Crippen molar-refractivity contribution in [2.45, 2.75) is 62.2 Å². The van der Waals surface area contributed by atoms with Gasteiger partial charge >= 0.3 is 0 Å². The first-order chi connectivity index (χ1) is 13.3. The summed E-state index contributed by atoms with van der Waals surface area (Å²) in [5.74, 6) is 1.04. The topological polar surface area (TPSA) is 147 Å². The second kappa shape index (κ2) is 8.89. The molecule has 9 atom stereocenters. The standard InChI is InChI=1S/C18H26O10/c1-8-12(20)13(21)14(22)18(26-8)28-16-11(19)7-25-17(15(16)23)27-10-5-3-9(24-2)4-6-10/h3-6,8,11-23H,7H2,1-2H3/t8-,11+,12-,13+,14+,15+,16+,17+,18-/m0/s1. The van der Waals surface area contributed by atoms with Crippen molar-refractivity contribution in [1.82, 2.24) is 0 Å². The average molecular weight is 402 g/mol. The Labute approximate surface area is 161 Å². The fourth-order valence-corrected chi connectivity index (χ4v) is 3.11. The van der Waals surface area contributed by atoms with Gasteiger partial charge in [0.1, 0.15) is 48.1 Å². The van der Waals surface area contributed by atoms with Crippen molar-refractivity contribution in [3.05, 3.63) is 24.3 Å². The van der Waals surface area contributed by atoms with Gasteiger partial charge < -0.3 is 49.2 Å². The zero-order valence-corrected chi connectivity index (χ0v) is 15.5. The van der Waals surface area contributed by atoms with Gasteiger partial charge in [-0.1, -0.05) is 0 Å². The number of aliphatic hydroxyl groups excluding tert-OH is 5. The molecule has 2 saturated heterocycles. The van der Waals surface area contributed by atoms with E-state index in [2.05, 4.69) is 0 Å². The molecule has 5 N–H and O–H groups in total. The summed E-state index contributed by atoms with van der Waals surface area (Å²) in [6, 6.07) is 6.60. The number of methoxy groups -OCH3 is 1. The van der Waals surface area contributed by atoms with Crippen molar-refractivity contribution in [3.63, 3.8) is 0 Å². The van der Waals surface area contributed by atoms with Crippen LogP contribution in [0.3, 0.4) is 0 Å². The van der Waals surface area contributed by atoms with Crippen LogP contribution in [-0.4, -0.2) is 94.6 Å². The number of ether oxygens (including phenoxy) is 5. The summed E-state index contributed by atoms with van der Waals surface area (Å²) < 4.78 is 26.9. The molecule has 0 unspecified atom stereocenters. The third-order valence-corrected chi connectivity index (χ3v) is 4.84. The summed E-state index contributed by atoms with van der Waals surface area (Å²) in [7, 11) is 1.53. The van der Waals surface area contributed by atoms with E-state index in [9.17, 15) is 25.5 Å². The predicted molar refractivity (Wildman–Crippen MR) is 92.6 cm³/mol. The van der Waals surface area contributed by atoms with Gasteiger partial charge in [0.25, 0.3) is 0 Å². The first-order valence-electron chi connectivity index (χ1n) is 8.95. The van der Waals surface area contributed by atoms with E-state index >= 15 is 0 Å². The minimum absolute atomic E-state index is 0.188. The highest BCUT2D eigenvalue weighted by atomic mass is 16.7. The normalized spacial score (nSPS) is 41.5. The van der Waals surface area contributed by atoms with Crippen LogP contribution >= 0.6 is 0 Å². The van der Waals surface area contributed by atoms with Crippen LogP contribution in [0.25, 0.3) is 0 Å². The van der Waals surface area contributed by atoms with Gasteiger partial charge in [0, 0.05) is 0 Å². The molecule has 2 heterocycles. The van der Waals surface area contributed by atoms with Gasteiger partial charge in [0.15, 0.2) is 6.29 Å². The minimum atomic E-state index is -1.56. The van der Waals surface area contributed by atoms with E-state index in [4.69, 9.17) is 23.7 Å². The number of rotatable bonds is 5. The Morgan fingerprint density at radius 3 is 2.14 bits per heavy atom. The van der Waals surface area contributed by atoms with Crippen molar-refractivity contribution in [2.24, 2.45) is 0 Å². The Morgan fingerprint density at radius 1 is 0.857 bits per heavy atom. The molecule has 10 heteroatoms. The van der Waals surface area contributed by atoms with Crippen molar-refractivity contribution in [2.75, 3.05) is 13.7 Å². The second-order valence-electron chi connectivity index (χ2n) is 6.84. The zero-order valence-electron chi connectivity index (χ0n) is 15.5. The van der Waals surface area contributed by atoms with Crippen LogP contribution in [0, 0.1) is 0 Å². The van der Waals surface area contributed by atoms with Crippen molar-refractivity contribution in [1.29, 1.82) is 0 Å². The first kappa shape index (κ1) is 21.2. The van der Waals surface area contributed by atoms with Crippen LogP contribution in [-0.2, 0) is 14.2 Å². The predicted octanol–water partition coefficient (Wildman–Crippen LogP) is -1.64. The number of benzene rings is 1. The molecule has 158 valence electrons. The maximum atomic E-state index is 10.6. The molecule has 2 aliphatic heterocycles. The maximum absolute atomic E-state index is 10.6. The molecule has 0 aliphatic carbocycles. The maximum Gasteiger partial charge on any atom is 0.228 e. The lowest BCUT2D eigenvalue weighted by atomic mass is 9.99. The third-order valence-electron chi connectivity index (χ3n) is 4.84. The quantitative estimate of drug-likeness (QED) is 0.389. The molecular weight excluding hydrogens is 376 g/mol. The molecule has 0 radical (unpaired) electrons. The summed E-state index contributed by atoms with van der Waals surface area (Å²) in [4.78, 5) is 0. The Hall–Kier alpha value is -1.50. The lowest BCUT2D eigenvalue weighted by molar-refractivity contribution is -0.338. The fraction of sp³-hybridized carbons (Fsp3) is 0.667. The molecule has 0 aromatic heterocycles. The number of hydrogen-bond donors (Lipinski definition) is 5. The van der Waals surface area contributed by atoms with Gasteiger partial charge in [-0.15, -0.1) is 0 Å². The van der Waals surface area contributed by atoms with Gasteiger partial charge in [0.05, 0.1) is 19.8 Å². The van der Waals surface area contributed by atoms with Crippen molar-refractivity contribution < 1.29 is 49.2 Å². The molecule has 0 amide bonds. The van der Waals surface area contributed by atoms with Gasteiger partial charge in [-0.25, -0.2) is 0 Å². The van der Waals surface area contributed by atoms with E-state index < -0.39 is 55.3 Å². The molecule has 0 spiro atoms. The van der Waals surface area contributed by atoms with Crippen LogP contribution in [0.5, 0.6) is 11.5 Å². The molecule has 28 heavy (non-hydrogen) atoms. The highest BCUT2D eigenvalue weighted by Crippen LogP contribution is 2.28.